The van der Waals surface area contributed by atoms with Crippen molar-refractivity contribution in [2.75, 3.05) is 24.5 Å². The maximum absolute atomic E-state index is 13.0. The van der Waals surface area contributed by atoms with E-state index in [0.717, 1.165) is 36.8 Å². The largest absolute Gasteiger partial charge is 0.491 e. The monoisotopic (exact) mass is 430 g/mol. The molecule has 1 aromatic heterocycles. The van der Waals surface area contributed by atoms with Gasteiger partial charge in [-0.05, 0) is 49.2 Å². The second-order valence-corrected chi connectivity index (χ2v) is 8.23. The standard InChI is InChI=1S/C26H30N4O2/c1-19(2)32-22-12-10-20(11-13-22)17-29-26(31)23-9-6-14-28-25(23)30-16-15-27-24(18-30)21-7-4-3-5-8-21/h3-14,19,24,27H,15-18H2,1-2H3,(H,29,31). The zero-order valence-electron chi connectivity index (χ0n) is 18.6. The van der Waals surface area contributed by atoms with Gasteiger partial charge >= 0.3 is 0 Å². The smallest absolute Gasteiger partial charge is 0.255 e. The Labute approximate surface area is 189 Å². The second kappa shape index (κ2) is 10.3. The summed E-state index contributed by atoms with van der Waals surface area (Å²) in [6, 6.07) is 22.1. The number of amides is 1. The van der Waals surface area contributed by atoms with E-state index in [1.807, 2.05) is 56.3 Å². The number of carbonyl (C=O) groups excluding carboxylic acids is 1. The molecule has 6 nitrogen and oxygen atoms in total. The summed E-state index contributed by atoms with van der Waals surface area (Å²) in [7, 11) is 0. The number of nitrogens with one attached hydrogen (secondary N) is 2. The molecule has 1 aliphatic rings. The predicted molar refractivity (Wildman–Crippen MR) is 127 cm³/mol. The molecule has 0 saturated carbocycles. The van der Waals surface area contributed by atoms with Gasteiger partial charge in [0.15, 0.2) is 0 Å². The fourth-order valence-electron chi connectivity index (χ4n) is 3.91. The second-order valence-electron chi connectivity index (χ2n) is 8.23. The van der Waals surface area contributed by atoms with Crippen LogP contribution in [0.1, 0.15) is 41.4 Å². The van der Waals surface area contributed by atoms with Crippen molar-refractivity contribution in [3.05, 3.63) is 89.6 Å². The van der Waals surface area contributed by atoms with Crippen molar-refractivity contribution in [3.63, 3.8) is 0 Å². The molecule has 1 saturated heterocycles. The Kier molecular flexibility index (Phi) is 7.02. The number of hydrogen-bond donors (Lipinski definition) is 2. The Morgan fingerprint density at radius 2 is 1.91 bits per heavy atom. The van der Waals surface area contributed by atoms with Crippen molar-refractivity contribution in [2.45, 2.75) is 32.5 Å². The van der Waals surface area contributed by atoms with Crippen LogP contribution < -0.4 is 20.3 Å². The molecule has 166 valence electrons. The number of nitrogens with zero attached hydrogens (tertiary/aromatic N) is 2. The number of carbonyl (C=O) groups is 1. The third kappa shape index (κ3) is 5.45. The van der Waals surface area contributed by atoms with Gasteiger partial charge in [0.25, 0.3) is 5.91 Å². The Morgan fingerprint density at radius 3 is 2.66 bits per heavy atom. The minimum atomic E-state index is -0.120. The van der Waals surface area contributed by atoms with Crippen LogP contribution in [0.5, 0.6) is 5.75 Å². The van der Waals surface area contributed by atoms with Crippen molar-refractivity contribution in [1.82, 2.24) is 15.6 Å². The molecule has 1 atom stereocenters. The molecule has 2 aromatic carbocycles. The van der Waals surface area contributed by atoms with Crippen LogP contribution in [0.4, 0.5) is 5.82 Å². The summed E-state index contributed by atoms with van der Waals surface area (Å²) >= 11 is 0. The summed E-state index contributed by atoms with van der Waals surface area (Å²) in [6.07, 6.45) is 1.88. The van der Waals surface area contributed by atoms with E-state index in [2.05, 4.69) is 44.8 Å². The maximum Gasteiger partial charge on any atom is 0.255 e. The molecule has 1 aliphatic heterocycles. The topological polar surface area (TPSA) is 66.5 Å². The van der Waals surface area contributed by atoms with Gasteiger partial charge in [-0.3, -0.25) is 4.79 Å². The van der Waals surface area contributed by atoms with Gasteiger partial charge in [0, 0.05) is 38.4 Å². The average Bonchev–Trinajstić information content (AvgIpc) is 2.84. The minimum Gasteiger partial charge on any atom is -0.491 e. The van der Waals surface area contributed by atoms with E-state index in [9.17, 15) is 4.79 Å². The van der Waals surface area contributed by atoms with Gasteiger partial charge in [-0.25, -0.2) is 4.98 Å². The number of pyridine rings is 1. The summed E-state index contributed by atoms with van der Waals surface area (Å²) in [5.41, 5.74) is 2.86. The summed E-state index contributed by atoms with van der Waals surface area (Å²) in [5.74, 6) is 1.44. The number of aromatic nitrogens is 1. The van der Waals surface area contributed by atoms with E-state index in [-0.39, 0.29) is 18.1 Å². The van der Waals surface area contributed by atoms with Gasteiger partial charge in [-0.1, -0.05) is 42.5 Å². The van der Waals surface area contributed by atoms with Crippen LogP contribution in [-0.4, -0.2) is 36.6 Å². The molecule has 0 radical (unpaired) electrons. The normalized spacial score (nSPS) is 16.1. The SMILES string of the molecule is CC(C)Oc1ccc(CNC(=O)c2cccnc2N2CCNC(c3ccccc3)C2)cc1. The first-order valence-electron chi connectivity index (χ1n) is 11.1. The molecule has 0 spiro atoms. The summed E-state index contributed by atoms with van der Waals surface area (Å²) in [4.78, 5) is 19.8. The zero-order valence-corrected chi connectivity index (χ0v) is 18.6. The van der Waals surface area contributed by atoms with Gasteiger partial charge in [0.2, 0.25) is 0 Å². The van der Waals surface area contributed by atoms with Crippen molar-refractivity contribution in [3.8, 4) is 5.75 Å². The lowest BCUT2D eigenvalue weighted by Gasteiger charge is -2.35. The van der Waals surface area contributed by atoms with Crippen LogP contribution in [0.2, 0.25) is 0 Å². The first-order chi connectivity index (χ1) is 15.6. The first kappa shape index (κ1) is 21.8. The third-order valence-corrected chi connectivity index (χ3v) is 5.46. The minimum absolute atomic E-state index is 0.120. The molecule has 1 unspecified atom stereocenters. The van der Waals surface area contributed by atoms with Crippen molar-refractivity contribution < 1.29 is 9.53 Å². The number of ether oxygens (including phenoxy) is 1. The fraction of sp³-hybridized carbons (Fsp3) is 0.308. The summed E-state index contributed by atoms with van der Waals surface area (Å²) in [5, 5.41) is 6.60. The maximum atomic E-state index is 13.0. The van der Waals surface area contributed by atoms with Crippen molar-refractivity contribution in [1.29, 1.82) is 0 Å². The molecule has 1 amide bonds. The number of piperazine rings is 1. The zero-order chi connectivity index (χ0) is 22.3. The quantitative estimate of drug-likeness (QED) is 0.594. The Morgan fingerprint density at radius 1 is 1.12 bits per heavy atom. The predicted octanol–water partition coefficient (Wildman–Crippen LogP) is 3.95. The molecular formula is C26H30N4O2. The van der Waals surface area contributed by atoms with Gasteiger partial charge in [-0.2, -0.15) is 0 Å². The molecule has 3 aromatic rings. The molecule has 2 heterocycles. The lowest BCUT2D eigenvalue weighted by atomic mass is 10.0. The average molecular weight is 431 g/mol. The highest BCUT2D eigenvalue weighted by Gasteiger charge is 2.25. The molecule has 6 heteroatoms. The van der Waals surface area contributed by atoms with Gasteiger partial charge in [-0.15, -0.1) is 0 Å². The number of benzene rings is 2. The van der Waals surface area contributed by atoms with E-state index >= 15 is 0 Å². The molecule has 4 rings (SSSR count). The summed E-state index contributed by atoms with van der Waals surface area (Å²) < 4.78 is 5.68. The van der Waals surface area contributed by atoms with Crippen LogP contribution in [0.15, 0.2) is 72.9 Å². The van der Waals surface area contributed by atoms with Gasteiger partial charge < -0.3 is 20.3 Å². The lowest BCUT2D eigenvalue weighted by Crippen LogP contribution is -2.46. The van der Waals surface area contributed by atoms with Crippen molar-refractivity contribution in [2.24, 2.45) is 0 Å². The fourth-order valence-corrected chi connectivity index (χ4v) is 3.91. The Bertz CT molecular complexity index is 1020. The Hall–Kier alpha value is -3.38. The third-order valence-electron chi connectivity index (χ3n) is 5.46. The van der Waals surface area contributed by atoms with E-state index < -0.39 is 0 Å². The lowest BCUT2D eigenvalue weighted by molar-refractivity contribution is 0.0951. The summed E-state index contributed by atoms with van der Waals surface area (Å²) in [6.45, 7) is 6.85. The molecular weight excluding hydrogens is 400 g/mol. The molecule has 0 bridgehead atoms. The molecule has 32 heavy (non-hydrogen) atoms. The molecule has 2 N–H and O–H groups in total. The van der Waals surface area contributed by atoms with Crippen LogP contribution in [0.25, 0.3) is 0 Å². The molecule has 0 aliphatic carbocycles. The highest BCUT2D eigenvalue weighted by atomic mass is 16.5. The van der Waals surface area contributed by atoms with Crippen molar-refractivity contribution >= 4 is 11.7 Å². The van der Waals surface area contributed by atoms with E-state index in [4.69, 9.17) is 4.74 Å². The molecule has 1 fully saturated rings. The van der Waals surface area contributed by atoms with E-state index in [1.54, 1.807) is 6.20 Å². The van der Waals surface area contributed by atoms with Gasteiger partial charge in [0.05, 0.1) is 11.7 Å². The number of hydrogen-bond acceptors (Lipinski definition) is 5. The first-order valence-corrected chi connectivity index (χ1v) is 11.1. The highest BCUT2D eigenvalue weighted by molar-refractivity contribution is 5.98. The van der Waals surface area contributed by atoms with Crippen LogP contribution >= 0.6 is 0 Å². The van der Waals surface area contributed by atoms with Crippen LogP contribution in [0.3, 0.4) is 0 Å². The van der Waals surface area contributed by atoms with Gasteiger partial charge in [0.1, 0.15) is 11.6 Å². The number of rotatable bonds is 7. The van der Waals surface area contributed by atoms with Crippen LogP contribution in [-0.2, 0) is 6.54 Å². The van der Waals surface area contributed by atoms with Crippen LogP contribution in [0, 0.1) is 0 Å². The Balaban J connectivity index is 1.43. The van der Waals surface area contributed by atoms with E-state index in [1.165, 1.54) is 5.56 Å². The van der Waals surface area contributed by atoms with E-state index in [0.29, 0.717) is 12.1 Å². The highest BCUT2D eigenvalue weighted by Crippen LogP contribution is 2.24. The number of anilines is 1.